The van der Waals surface area contributed by atoms with Crippen LogP contribution in [0.5, 0.6) is 5.75 Å². The largest absolute Gasteiger partial charge is 0.508 e. The molecule has 1 aliphatic rings. The number of nitrogens with one attached hydrogen (secondary N) is 1. The lowest BCUT2D eigenvalue weighted by molar-refractivity contribution is -0.123. The number of carbonyl (C=O) groups is 1. The Bertz CT molecular complexity index is 748. The van der Waals surface area contributed by atoms with Crippen molar-refractivity contribution >= 4 is 5.91 Å². The van der Waals surface area contributed by atoms with Gasteiger partial charge in [-0.15, -0.1) is 0 Å². The molecule has 2 aromatic carbocycles. The van der Waals surface area contributed by atoms with Crippen LogP contribution in [-0.2, 0) is 24.4 Å². The molecule has 1 aliphatic heterocycles. The summed E-state index contributed by atoms with van der Waals surface area (Å²) in [6.45, 7) is 4.11. The van der Waals surface area contributed by atoms with Crippen molar-refractivity contribution in [2.45, 2.75) is 32.5 Å². The second kappa shape index (κ2) is 8.83. The van der Waals surface area contributed by atoms with E-state index >= 15 is 0 Å². The molecule has 5 nitrogen and oxygen atoms in total. The van der Waals surface area contributed by atoms with Gasteiger partial charge in [0.25, 0.3) is 0 Å². The van der Waals surface area contributed by atoms with Gasteiger partial charge in [0.1, 0.15) is 5.75 Å². The van der Waals surface area contributed by atoms with Gasteiger partial charge in [0.05, 0.1) is 5.92 Å². The van der Waals surface area contributed by atoms with E-state index < -0.39 is 0 Å². The van der Waals surface area contributed by atoms with E-state index in [9.17, 15) is 9.90 Å². The van der Waals surface area contributed by atoms with Crippen molar-refractivity contribution < 1.29 is 9.90 Å². The molecule has 138 valence electrons. The molecule has 1 unspecified atom stereocenters. The zero-order valence-corrected chi connectivity index (χ0v) is 15.0. The normalized spacial score (nSPS) is 17.9. The van der Waals surface area contributed by atoms with Gasteiger partial charge in [-0.1, -0.05) is 36.4 Å². The average Bonchev–Trinajstić information content (AvgIpc) is 2.62. The van der Waals surface area contributed by atoms with Gasteiger partial charge in [0.2, 0.25) is 5.91 Å². The van der Waals surface area contributed by atoms with Crippen LogP contribution in [0, 0.1) is 5.92 Å². The number of benzene rings is 2. The average molecular weight is 353 g/mol. The highest BCUT2D eigenvalue weighted by molar-refractivity contribution is 5.76. The highest BCUT2D eigenvalue weighted by Crippen LogP contribution is 2.19. The maximum absolute atomic E-state index is 11.4. The Morgan fingerprint density at radius 2 is 1.81 bits per heavy atom. The molecule has 4 N–H and O–H groups in total. The molecule has 1 fully saturated rings. The molecule has 0 radical (unpaired) electrons. The van der Waals surface area contributed by atoms with Gasteiger partial charge >= 0.3 is 0 Å². The quantitative estimate of drug-likeness (QED) is 0.714. The number of phenolic OH excluding ortho intramolecular Hbond substituents is 1. The van der Waals surface area contributed by atoms with E-state index in [1.807, 2.05) is 12.1 Å². The summed E-state index contributed by atoms with van der Waals surface area (Å²) in [7, 11) is 0. The van der Waals surface area contributed by atoms with Crippen molar-refractivity contribution in [1.29, 1.82) is 0 Å². The minimum absolute atomic E-state index is 0.0177. The highest BCUT2D eigenvalue weighted by atomic mass is 16.3. The Morgan fingerprint density at radius 1 is 1.12 bits per heavy atom. The van der Waals surface area contributed by atoms with Crippen molar-refractivity contribution in [1.82, 2.24) is 10.2 Å². The topological polar surface area (TPSA) is 78.6 Å². The second-order valence-electron chi connectivity index (χ2n) is 7.07. The SMILES string of the molecule is NC(=O)C1CCCN(Cc2cccc(CNCc3cccc(O)c3)c2)C1. The number of nitrogens with two attached hydrogens (primary N) is 1. The van der Waals surface area contributed by atoms with Gasteiger partial charge in [0, 0.05) is 26.2 Å². The molecule has 1 amide bonds. The molecule has 5 heteroatoms. The standard InChI is InChI=1S/C21H27N3O2/c22-21(26)19-7-3-9-24(15-19)14-18-6-1-4-16(10-18)12-23-13-17-5-2-8-20(25)11-17/h1-2,4-6,8,10-11,19,23,25H,3,7,9,12-15H2,(H2,22,26). The first-order chi connectivity index (χ1) is 12.6. The Kier molecular flexibility index (Phi) is 6.26. The number of nitrogens with zero attached hydrogens (tertiary/aromatic N) is 1. The van der Waals surface area contributed by atoms with Crippen LogP contribution in [0.2, 0.25) is 0 Å². The predicted octanol–water partition coefficient (Wildman–Crippen LogP) is 2.38. The summed E-state index contributed by atoms with van der Waals surface area (Å²) in [6, 6.07) is 15.8. The van der Waals surface area contributed by atoms with Crippen molar-refractivity contribution in [3.63, 3.8) is 0 Å². The van der Waals surface area contributed by atoms with E-state index in [1.165, 1.54) is 11.1 Å². The second-order valence-corrected chi connectivity index (χ2v) is 7.07. The summed E-state index contributed by atoms with van der Waals surface area (Å²) >= 11 is 0. The third kappa shape index (κ3) is 5.31. The first kappa shape index (κ1) is 18.4. The van der Waals surface area contributed by atoms with Gasteiger partial charge in [-0.2, -0.15) is 0 Å². The summed E-state index contributed by atoms with van der Waals surface area (Å²) in [6.07, 6.45) is 1.93. The zero-order valence-electron chi connectivity index (χ0n) is 15.0. The van der Waals surface area contributed by atoms with Crippen LogP contribution < -0.4 is 11.1 Å². The molecule has 0 bridgehead atoms. The van der Waals surface area contributed by atoms with Crippen LogP contribution >= 0.6 is 0 Å². The zero-order chi connectivity index (χ0) is 18.4. The van der Waals surface area contributed by atoms with Gasteiger partial charge in [-0.3, -0.25) is 9.69 Å². The minimum atomic E-state index is -0.181. The minimum Gasteiger partial charge on any atom is -0.508 e. The molecule has 1 saturated heterocycles. The number of rotatable bonds is 7. The summed E-state index contributed by atoms with van der Waals surface area (Å²) in [5.74, 6) is 0.0950. The number of aromatic hydroxyl groups is 1. The fourth-order valence-corrected chi connectivity index (χ4v) is 3.55. The van der Waals surface area contributed by atoms with E-state index in [0.717, 1.165) is 44.6 Å². The molecule has 1 atom stereocenters. The Hall–Kier alpha value is -2.37. The van der Waals surface area contributed by atoms with Crippen molar-refractivity contribution in [2.24, 2.45) is 11.7 Å². The smallest absolute Gasteiger partial charge is 0.221 e. The summed E-state index contributed by atoms with van der Waals surface area (Å²) in [5.41, 5.74) is 9.02. The van der Waals surface area contributed by atoms with Gasteiger partial charge in [-0.05, 0) is 48.2 Å². The molecule has 0 aliphatic carbocycles. The summed E-state index contributed by atoms with van der Waals surface area (Å²) < 4.78 is 0. The van der Waals surface area contributed by atoms with Crippen molar-refractivity contribution in [2.75, 3.05) is 13.1 Å². The molecule has 26 heavy (non-hydrogen) atoms. The summed E-state index contributed by atoms with van der Waals surface area (Å²) in [4.78, 5) is 13.8. The Morgan fingerprint density at radius 3 is 2.54 bits per heavy atom. The molecular weight excluding hydrogens is 326 g/mol. The lowest BCUT2D eigenvalue weighted by Crippen LogP contribution is -2.40. The lowest BCUT2D eigenvalue weighted by Gasteiger charge is -2.31. The van der Waals surface area contributed by atoms with E-state index in [1.54, 1.807) is 12.1 Å². The number of likely N-dealkylation sites (tertiary alicyclic amines) is 1. The van der Waals surface area contributed by atoms with Crippen LogP contribution in [0.3, 0.4) is 0 Å². The molecular formula is C21H27N3O2. The molecule has 0 saturated carbocycles. The monoisotopic (exact) mass is 353 g/mol. The molecule has 0 spiro atoms. The van der Waals surface area contributed by atoms with Gasteiger partial charge < -0.3 is 16.2 Å². The summed E-state index contributed by atoms with van der Waals surface area (Å²) in [5, 5.41) is 12.9. The number of hydrogen-bond acceptors (Lipinski definition) is 4. The van der Waals surface area contributed by atoms with E-state index in [0.29, 0.717) is 12.3 Å². The first-order valence-electron chi connectivity index (χ1n) is 9.18. The van der Waals surface area contributed by atoms with Crippen LogP contribution in [0.1, 0.15) is 29.5 Å². The molecule has 1 heterocycles. The van der Waals surface area contributed by atoms with Gasteiger partial charge in [0.15, 0.2) is 0 Å². The fraction of sp³-hybridized carbons (Fsp3) is 0.381. The Labute approximate surface area is 154 Å². The lowest BCUT2D eigenvalue weighted by atomic mass is 9.97. The maximum atomic E-state index is 11.4. The van der Waals surface area contributed by atoms with E-state index in [2.05, 4.69) is 34.5 Å². The van der Waals surface area contributed by atoms with Gasteiger partial charge in [-0.25, -0.2) is 0 Å². The first-order valence-corrected chi connectivity index (χ1v) is 9.18. The van der Waals surface area contributed by atoms with Crippen molar-refractivity contribution in [3.05, 3.63) is 65.2 Å². The third-order valence-corrected chi connectivity index (χ3v) is 4.87. The number of piperidine rings is 1. The maximum Gasteiger partial charge on any atom is 0.221 e. The fourth-order valence-electron chi connectivity index (χ4n) is 3.55. The van der Waals surface area contributed by atoms with Crippen molar-refractivity contribution in [3.8, 4) is 5.75 Å². The molecule has 3 rings (SSSR count). The van der Waals surface area contributed by atoms with Crippen LogP contribution in [0.4, 0.5) is 0 Å². The number of primary amides is 1. The molecule has 0 aromatic heterocycles. The van der Waals surface area contributed by atoms with Crippen LogP contribution in [-0.4, -0.2) is 29.0 Å². The highest BCUT2D eigenvalue weighted by Gasteiger charge is 2.23. The number of hydrogen-bond donors (Lipinski definition) is 3. The molecule has 2 aromatic rings. The number of amides is 1. The predicted molar refractivity (Wildman–Crippen MR) is 102 cm³/mol. The van der Waals surface area contributed by atoms with Crippen LogP contribution in [0.15, 0.2) is 48.5 Å². The Balaban J connectivity index is 1.52. The third-order valence-electron chi connectivity index (χ3n) is 4.87. The number of carbonyl (C=O) groups excluding carboxylic acids is 1. The van der Waals surface area contributed by atoms with E-state index in [-0.39, 0.29) is 11.8 Å². The number of phenols is 1. The van der Waals surface area contributed by atoms with E-state index in [4.69, 9.17) is 5.73 Å². The van der Waals surface area contributed by atoms with Crippen LogP contribution in [0.25, 0.3) is 0 Å².